The van der Waals surface area contributed by atoms with E-state index in [0.29, 0.717) is 17.3 Å². The first kappa shape index (κ1) is 16.2. The normalized spacial score (nSPS) is 19.0. The Morgan fingerprint density at radius 1 is 1.57 bits per heavy atom. The Morgan fingerprint density at radius 2 is 2.33 bits per heavy atom. The summed E-state index contributed by atoms with van der Waals surface area (Å²) in [6.45, 7) is 2.06. The average Bonchev–Trinajstić information content (AvgIpc) is 3.05. The van der Waals surface area contributed by atoms with E-state index in [1.807, 2.05) is 0 Å². The molecule has 1 atom stereocenters. The lowest BCUT2D eigenvalue weighted by molar-refractivity contribution is -0.140. The van der Waals surface area contributed by atoms with Gasteiger partial charge in [-0.3, -0.25) is 4.79 Å². The van der Waals surface area contributed by atoms with Crippen LogP contribution in [0.15, 0.2) is 5.38 Å². The number of rotatable bonds is 5. The van der Waals surface area contributed by atoms with Crippen molar-refractivity contribution in [3.05, 3.63) is 16.1 Å². The standard InChI is InChI=1S/C13H18F3N3OS/c1-19(12(20)3-2-9-4-5-17-6-9)7-11-18-10(8-21-11)13(14,15)16/h8-9,17H,2-7H2,1H3. The number of alkyl halides is 3. The van der Waals surface area contributed by atoms with Crippen LogP contribution in [0.2, 0.25) is 0 Å². The van der Waals surface area contributed by atoms with Gasteiger partial charge in [0.15, 0.2) is 5.69 Å². The fourth-order valence-corrected chi connectivity index (χ4v) is 3.14. The first-order chi connectivity index (χ1) is 9.86. The second kappa shape index (κ2) is 6.74. The zero-order valence-electron chi connectivity index (χ0n) is 11.7. The number of hydrogen-bond donors (Lipinski definition) is 1. The van der Waals surface area contributed by atoms with Crippen LogP contribution in [0.1, 0.15) is 30.0 Å². The molecule has 1 fully saturated rings. The molecule has 8 heteroatoms. The first-order valence-electron chi connectivity index (χ1n) is 6.82. The van der Waals surface area contributed by atoms with E-state index in [2.05, 4.69) is 10.3 Å². The third kappa shape index (κ3) is 4.67. The second-order valence-electron chi connectivity index (χ2n) is 5.27. The summed E-state index contributed by atoms with van der Waals surface area (Å²) < 4.78 is 37.3. The van der Waals surface area contributed by atoms with Crippen molar-refractivity contribution in [1.29, 1.82) is 0 Å². The van der Waals surface area contributed by atoms with Gasteiger partial charge in [0.1, 0.15) is 5.01 Å². The minimum absolute atomic E-state index is 0.0503. The van der Waals surface area contributed by atoms with Crippen LogP contribution in [-0.4, -0.2) is 35.9 Å². The molecule has 1 aromatic rings. The molecule has 1 saturated heterocycles. The van der Waals surface area contributed by atoms with Crippen LogP contribution in [0.5, 0.6) is 0 Å². The number of thiazole rings is 1. The van der Waals surface area contributed by atoms with Gasteiger partial charge in [0.05, 0.1) is 6.54 Å². The van der Waals surface area contributed by atoms with Crippen LogP contribution in [0.25, 0.3) is 0 Å². The Kier molecular flexibility index (Phi) is 5.21. The van der Waals surface area contributed by atoms with Crippen molar-refractivity contribution >= 4 is 17.2 Å². The zero-order valence-corrected chi connectivity index (χ0v) is 12.6. The van der Waals surface area contributed by atoms with E-state index >= 15 is 0 Å². The molecular formula is C13H18F3N3OS. The van der Waals surface area contributed by atoms with Gasteiger partial charge in [-0.2, -0.15) is 13.2 Å². The molecule has 0 spiro atoms. The maximum atomic E-state index is 12.4. The van der Waals surface area contributed by atoms with Crippen LogP contribution in [0, 0.1) is 5.92 Å². The SMILES string of the molecule is CN(Cc1nc(C(F)(F)F)cs1)C(=O)CCC1CCNC1. The average molecular weight is 321 g/mol. The maximum Gasteiger partial charge on any atom is 0.434 e. The molecule has 118 valence electrons. The second-order valence-corrected chi connectivity index (χ2v) is 6.21. The van der Waals surface area contributed by atoms with E-state index in [0.717, 1.165) is 42.6 Å². The van der Waals surface area contributed by atoms with Crippen molar-refractivity contribution in [1.82, 2.24) is 15.2 Å². The number of carbonyl (C=O) groups is 1. The summed E-state index contributed by atoms with van der Waals surface area (Å²) in [6, 6.07) is 0. The van der Waals surface area contributed by atoms with Gasteiger partial charge in [0, 0.05) is 18.8 Å². The molecule has 0 bridgehead atoms. The van der Waals surface area contributed by atoms with E-state index < -0.39 is 11.9 Å². The van der Waals surface area contributed by atoms with Gasteiger partial charge in [-0.25, -0.2) is 4.98 Å². The number of aromatic nitrogens is 1. The number of nitrogens with one attached hydrogen (secondary N) is 1. The molecule has 0 saturated carbocycles. The van der Waals surface area contributed by atoms with Crippen molar-refractivity contribution in [3.63, 3.8) is 0 Å². The molecular weight excluding hydrogens is 303 g/mol. The van der Waals surface area contributed by atoms with Crippen molar-refractivity contribution in [2.45, 2.75) is 32.0 Å². The molecule has 1 amide bonds. The Hall–Kier alpha value is -1.15. The van der Waals surface area contributed by atoms with Gasteiger partial charge in [-0.1, -0.05) is 0 Å². The molecule has 1 N–H and O–H groups in total. The highest BCUT2D eigenvalue weighted by atomic mass is 32.1. The number of carbonyl (C=O) groups excluding carboxylic acids is 1. The summed E-state index contributed by atoms with van der Waals surface area (Å²) >= 11 is 0.931. The molecule has 2 rings (SSSR count). The quantitative estimate of drug-likeness (QED) is 0.906. The van der Waals surface area contributed by atoms with Gasteiger partial charge in [0.25, 0.3) is 0 Å². The van der Waals surface area contributed by atoms with Gasteiger partial charge in [-0.05, 0) is 31.8 Å². The molecule has 1 aromatic heterocycles. The molecule has 1 aliphatic heterocycles. The van der Waals surface area contributed by atoms with E-state index in [1.54, 1.807) is 7.05 Å². The summed E-state index contributed by atoms with van der Waals surface area (Å²) in [5.74, 6) is 0.477. The minimum atomic E-state index is -4.42. The van der Waals surface area contributed by atoms with Crippen LogP contribution in [-0.2, 0) is 17.5 Å². The van der Waals surface area contributed by atoms with E-state index in [-0.39, 0.29) is 12.5 Å². The Bertz CT molecular complexity index is 483. The van der Waals surface area contributed by atoms with Crippen molar-refractivity contribution in [2.24, 2.45) is 5.92 Å². The predicted molar refractivity (Wildman–Crippen MR) is 73.8 cm³/mol. The van der Waals surface area contributed by atoms with Gasteiger partial charge in [-0.15, -0.1) is 11.3 Å². The molecule has 2 heterocycles. The summed E-state index contributed by atoms with van der Waals surface area (Å²) in [5, 5.41) is 4.53. The molecule has 1 unspecified atom stereocenters. The number of hydrogen-bond acceptors (Lipinski definition) is 4. The Labute approximate surface area is 125 Å². The largest absolute Gasteiger partial charge is 0.434 e. The molecule has 1 aliphatic rings. The highest BCUT2D eigenvalue weighted by Gasteiger charge is 2.33. The lowest BCUT2D eigenvalue weighted by Gasteiger charge is -2.16. The van der Waals surface area contributed by atoms with Crippen LogP contribution >= 0.6 is 11.3 Å². The Balaban J connectivity index is 1.81. The summed E-state index contributed by atoms with van der Waals surface area (Å²) in [5.41, 5.74) is -0.889. The maximum absolute atomic E-state index is 12.4. The Morgan fingerprint density at radius 3 is 2.90 bits per heavy atom. The van der Waals surface area contributed by atoms with Crippen molar-refractivity contribution in [2.75, 3.05) is 20.1 Å². The predicted octanol–water partition coefficient (Wildman–Crippen LogP) is 2.51. The zero-order chi connectivity index (χ0) is 15.5. The van der Waals surface area contributed by atoms with Crippen LogP contribution in [0.3, 0.4) is 0 Å². The highest BCUT2D eigenvalue weighted by molar-refractivity contribution is 7.09. The number of nitrogens with zero attached hydrogens (tertiary/aromatic N) is 2. The summed E-state index contributed by atoms with van der Waals surface area (Å²) in [7, 11) is 1.60. The van der Waals surface area contributed by atoms with Crippen molar-refractivity contribution < 1.29 is 18.0 Å². The van der Waals surface area contributed by atoms with Gasteiger partial charge >= 0.3 is 6.18 Å². The fraction of sp³-hybridized carbons (Fsp3) is 0.692. The van der Waals surface area contributed by atoms with Crippen LogP contribution in [0.4, 0.5) is 13.2 Å². The molecule has 0 aliphatic carbocycles. The lowest BCUT2D eigenvalue weighted by Crippen LogP contribution is -2.26. The molecule has 0 radical (unpaired) electrons. The molecule has 21 heavy (non-hydrogen) atoms. The summed E-state index contributed by atoms with van der Waals surface area (Å²) in [4.78, 5) is 16.9. The monoisotopic (exact) mass is 321 g/mol. The van der Waals surface area contributed by atoms with E-state index in [4.69, 9.17) is 0 Å². The third-order valence-electron chi connectivity index (χ3n) is 3.57. The minimum Gasteiger partial charge on any atom is -0.339 e. The topological polar surface area (TPSA) is 45.2 Å². The van der Waals surface area contributed by atoms with Crippen molar-refractivity contribution in [3.8, 4) is 0 Å². The molecule has 4 nitrogen and oxygen atoms in total. The lowest BCUT2D eigenvalue weighted by atomic mass is 10.0. The first-order valence-corrected chi connectivity index (χ1v) is 7.70. The number of amides is 1. The van der Waals surface area contributed by atoms with E-state index in [9.17, 15) is 18.0 Å². The van der Waals surface area contributed by atoms with Gasteiger partial charge < -0.3 is 10.2 Å². The van der Waals surface area contributed by atoms with Gasteiger partial charge in [0.2, 0.25) is 5.91 Å². The van der Waals surface area contributed by atoms with E-state index in [1.165, 1.54) is 4.90 Å². The number of halogens is 3. The smallest absolute Gasteiger partial charge is 0.339 e. The molecule has 0 aromatic carbocycles. The fourth-order valence-electron chi connectivity index (χ4n) is 2.28. The highest BCUT2D eigenvalue weighted by Crippen LogP contribution is 2.30. The summed E-state index contributed by atoms with van der Waals surface area (Å²) in [6.07, 6.45) is -2.09. The third-order valence-corrected chi connectivity index (χ3v) is 4.40. The van der Waals surface area contributed by atoms with Crippen LogP contribution < -0.4 is 5.32 Å².